The lowest BCUT2D eigenvalue weighted by molar-refractivity contribution is -0.125. The average molecular weight is 235 g/mol. The maximum Gasteiger partial charge on any atom is 0.167 e. The van der Waals surface area contributed by atoms with E-state index in [2.05, 4.69) is 45.7 Å². The summed E-state index contributed by atoms with van der Waals surface area (Å²) in [5, 5.41) is 0. The second kappa shape index (κ2) is 3.86. The summed E-state index contributed by atoms with van der Waals surface area (Å²) < 4.78 is 0. The van der Waals surface area contributed by atoms with E-state index < -0.39 is 0 Å². The highest BCUT2D eigenvalue weighted by Crippen LogP contribution is 2.65. The Bertz CT molecular complexity index is 365. The molecule has 0 aromatic heterocycles. The molecule has 2 saturated carbocycles. The number of rotatable bonds is 3. The van der Waals surface area contributed by atoms with Crippen LogP contribution in [0.4, 0.5) is 0 Å². The second-order valence-electron chi connectivity index (χ2n) is 6.28. The molecule has 2 aliphatic carbocycles. The molecule has 17 heavy (non-hydrogen) atoms. The monoisotopic (exact) mass is 235 g/mol. The summed E-state index contributed by atoms with van der Waals surface area (Å²) in [6, 6.07) is 0. The lowest BCUT2D eigenvalue weighted by Gasteiger charge is -2.31. The highest BCUT2D eigenvalue weighted by atomic mass is 16.1. The van der Waals surface area contributed by atoms with E-state index in [1.807, 2.05) is 0 Å². The molecule has 2 atom stereocenters. The molecule has 0 saturated heterocycles. The minimum atomic E-state index is -0.114. The van der Waals surface area contributed by atoms with Crippen molar-refractivity contribution in [2.45, 2.75) is 47.5 Å². The largest absolute Gasteiger partial charge is 0.378 e. The van der Waals surface area contributed by atoms with Gasteiger partial charge in [0.25, 0.3) is 0 Å². The third-order valence-electron chi connectivity index (χ3n) is 5.50. The first-order chi connectivity index (χ1) is 7.88. The quantitative estimate of drug-likeness (QED) is 0.700. The number of ketones is 1. The van der Waals surface area contributed by atoms with Gasteiger partial charge in [0, 0.05) is 30.3 Å². The first kappa shape index (κ1) is 12.7. The highest BCUT2D eigenvalue weighted by molar-refractivity contribution is 6.04. The van der Waals surface area contributed by atoms with Crippen LogP contribution in [0.2, 0.25) is 0 Å². The minimum absolute atomic E-state index is 0.114. The van der Waals surface area contributed by atoms with Crippen LogP contribution in [0.15, 0.2) is 11.8 Å². The first-order valence-electron chi connectivity index (χ1n) is 6.89. The number of carbonyl (C=O) groups is 1. The van der Waals surface area contributed by atoms with Crippen molar-refractivity contribution in [1.82, 2.24) is 4.90 Å². The van der Waals surface area contributed by atoms with Gasteiger partial charge in [-0.25, -0.2) is 0 Å². The maximum atomic E-state index is 12.6. The third-order valence-corrected chi connectivity index (χ3v) is 5.50. The summed E-state index contributed by atoms with van der Waals surface area (Å²) in [7, 11) is 0. The average Bonchev–Trinajstić information content (AvgIpc) is 2.59. The van der Waals surface area contributed by atoms with Crippen LogP contribution >= 0.6 is 0 Å². The van der Waals surface area contributed by atoms with Gasteiger partial charge in [0.2, 0.25) is 0 Å². The fraction of sp³-hybridized carbons (Fsp3) is 0.800. The fourth-order valence-electron chi connectivity index (χ4n) is 3.68. The number of hydrogen-bond acceptors (Lipinski definition) is 2. The molecule has 0 unspecified atom stereocenters. The van der Waals surface area contributed by atoms with E-state index >= 15 is 0 Å². The summed E-state index contributed by atoms with van der Waals surface area (Å²) in [4.78, 5) is 14.8. The number of fused-ring (bicyclic) bond motifs is 2. The molecule has 0 aromatic rings. The van der Waals surface area contributed by atoms with Gasteiger partial charge in [-0.05, 0) is 38.0 Å². The summed E-state index contributed by atoms with van der Waals surface area (Å²) in [5.74, 6) is 0.881. The van der Waals surface area contributed by atoms with Crippen LogP contribution in [0.5, 0.6) is 0 Å². The smallest absolute Gasteiger partial charge is 0.167 e. The molecular weight excluding hydrogens is 210 g/mol. The zero-order valence-electron chi connectivity index (χ0n) is 11.8. The van der Waals surface area contributed by atoms with Crippen molar-refractivity contribution in [3.8, 4) is 0 Å². The van der Waals surface area contributed by atoms with Gasteiger partial charge >= 0.3 is 0 Å². The Morgan fingerprint density at radius 3 is 2.29 bits per heavy atom. The van der Waals surface area contributed by atoms with Gasteiger partial charge < -0.3 is 4.90 Å². The van der Waals surface area contributed by atoms with Gasteiger partial charge in [-0.15, -0.1) is 0 Å². The molecule has 2 heteroatoms. The van der Waals surface area contributed by atoms with E-state index in [9.17, 15) is 4.79 Å². The summed E-state index contributed by atoms with van der Waals surface area (Å²) >= 11 is 0. The standard InChI is InChI=1S/C15H25NO/c1-6-16(7-2)10-11-12-8-9-15(5,13(11)17)14(12,3)4/h10,12H,6-9H2,1-5H3/b11-10-/t12-,15-/m1/s1. The van der Waals surface area contributed by atoms with Crippen molar-refractivity contribution in [3.63, 3.8) is 0 Å². The Balaban J connectivity index is 2.38. The van der Waals surface area contributed by atoms with Crippen LogP contribution in [0.1, 0.15) is 47.5 Å². The Labute approximate surface area is 105 Å². The maximum absolute atomic E-state index is 12.6. The predicted octanol–water partition coefficient (Wildman–Crippen LogP) is 3.24. The Morgan fingerprint density at radius 1 is 1.29 bits per heavy atom. The van der Waals surface area contributed by atoms with Gasteiger partial charge in [0.05, 0.1) is 0 Å². The molecule has 2 nitrogen and oxygen atoms in total. The van der Waals surface area contributed by atoms with Crippen LogP contribution in [0.3, 0.4) is 0 Å². The Morgan fingerprint density at radius 2 is 1.88 bits per heavy atom. The van der Waals surface area contributed by atoms with E-state index in [-0.39, 0.29) is 10.8 Å². The minimum Gasteiger partial charge on any atom is -0.378 e. The normalized spacial score (nSPS) is 36.9. The van der Waals surface area contributed by atoms with E-state index in [4.69, 9.17) is 0 Å². The van der Waals surface area contributed by atoms with E-state index in [1.54, 1.807) is 0 Å². The van der Waals surface area contributed by atoms with Crippen molar-refractivity contribution < 1.29 is 4.79 Å². The Hall–Kier alpha value is -0.790. The fourth-order valence-corrected chi connectivity index (χ4v) is 3.68. The van der Waals surface area contributed by atoms with Gasteiger partial charge in [-0.3, -0.25) is 4.79 Å². The number of allylic oxidation sites excluding steroid dienone is 1. The molecule has 0 aliphatic heterocycles. The van der Waals surface area contributed by atoms with Crippen molar-refractivity contribution in [2.75, 3.05) is 13.1 Å². The lowest BCUT2D eigenvalue weighted by atomic mass is 9.70. The zero-order chi connectivity index (χ0) is 12.8. The summed E-state index contributed by atoms with van der Waals surface area (Å²) in [6.07, 6.45) is 4.39. The van der Waals surface area contributed by atoms with E-state index in [0.29, 0.717) is 11.7 Å². The van der Waals surface area contributed by atoms with Crippen LogP contribution in [-0.2, 0) is 4.79 Å². The second-order valence-corrected chi connectivity index (χ2v) is 6.28. The number of carbonyl (C=O) groups excluding carboxylic acids is 1. The molecule has 0 amide bonds. The van der Waals surface area contributed by atoms with Crippen LogP contribution in [0, 0.1) is 16.7 Å². The number of Topliss-reactive ketones (excluding diaryl/α,β-unsaturated/α-hetero) is 1. The molecule has 2 bridgehead atoms. The first-order valence-corrected chi connectivity index (χ1v) is 6.89. The molecule has 2 aliphatic rings. The predicted molar refractivity (Wildman–Crippen MR) is 70.6 cm³/mol. The Kier molecular flexibility index (Phi) is 2.87. The molecule has 96 valence electrons. The summed E-state index contributed by atoms with van der Waals surface area (Å²) in [5.41, 5.74) is 1.12. The topological polar surface area (TPSA) is 20.3 Å². The van der Waals surface area contributed by atoms with Crippen LogP contribution in [0.25, 0.3) is 0 Å². The van der Waals surface area contributed by atoms with E-state index in [0.717, 1.165) is 25.1 Å². The van der Waals surface area contributed by atoms with Crippen LogP contribution in [-0.4, -0.2) is 23.8 Å². The molecule has 2 fully saturated rings. The SMILES string of the molecule is CCN(/C=C1\C(=O)[C@@]2(C)CC[C@H]1C2(C)C)CC. The number of hydrogen-bond donors (Lipinski definition) is 0. The van der Waals surface area contributed by atoms with Crippen molar-refractivity contribution >= 4 is 5.78 Å². The van der Waals surface area contributed by atoms with Crippen molar-refractivity contribution in [2.24, 2.45) is 16.7 Å². The van der Waals surface area contributed by atoms with Crippen LogP contribution < -0.4 is 0 Å². The highest BCUT2D eigenvalue weighted by Gasteiger charge is 2.64. The van der Waals surface area contributed by atoms with Gasteiger partial charge in [0.1, 0.15) is 0 Å². The van der Waals surface area contributed by atoms with E-state index in [1.165, 1.54) is 6.42 Å². The molecule has 0 N–H and O–H groups in total. The molecule has 2 rings (SSSR count). The summed E-state index contributed by atoms with van der Waals surface area (Å²) in [6.45, 7) is 13.0. The number of nitrogens with zero attached hydrogens (tertiary/aromatic N) is 1. The third kappa shape index (κ3) is 1.49. The van der Waals surface area contributed by atoms with Gasteiger partial charge in [0.15, 0.2) is 5.78 Å². The molecular formula is C15H25NO. The molecule has 0 heterocycles. The van der Waals surface area contributed by atoms with Gasteiger partial charge in [-0.2, -0.15) is 0 Å². The van der Waals surface area contributed by atoms with Crippen molar-refractivity contribution in [3.05, 3.63) is 11.8 Å². The van der Waals surface area contributed by atoms with Crippen molar-refractivity contribution in [1.29, 1.82) is 0 Å². The zero-order valence-corrected chi connectivity index (χ0v) is 11.8. The molecule has 0 radical (unpaired) electrons. The molecule has 0 spiro atoms. The van der Waals surface area contributed by atoms with Gasteiger partial charge in [-0.1, -0.05) is 20.8 Å². The lowest BCUT2D eigenvalue weighted by Crippen LogP contribution is -2.32. The molecule has 0 aromatic carbocycles.